The molecule has 2 aromatic heterocycles. The fraction of sp³-hybridized carbons (Fsp3) is 0.275. The van der Waals surface area contributed by atoms with Gasteiger partial charge >= 0.3 is 0 Å². The highest BCUT2D eigenvalue weighted by atomic mass is 32.1. The quantitative estimate of drug-likeness (QED) is 0.122. The van der Waals surface area contributed by atoms with Crippen LogP contribution < -0.4 is 20.7 Å². The summed E-state index contributed by atoms with van der Waals surface area (Å²) >= 11 is 1.65. The predicted octanol–water partition coefficient (Wildman–Crippen LogP) is 6.87. The molecule has 1 aliphatic rings. The largest absolute Gasteiger partial charge is 0.493 e. The number of anilines is 2. The van der Waals surface area contributed by atoms with E-state index in [9.17, 15) is 9.59 Å². The summed E-state index contributed by atoms with van der Waals surface area (Å²) in [6.07, 6.45) is 3.46. The average Bonchev–Trinajstić information content (AvgIpc) is 3.66. The van der Waals surface area contributed by atoms with Crippen LogP contribution in [0.25, 0.3) is 26.4 Å². The molecule has 1 aliphatic heterocycles. The lowest BCUT2D eigenvalue weighted by Crippen LogP contribution is -2.43. The van der Waals surface area contributed by atoms with Crippen LogP contribution in [-0.2, 0) is 22.4 Å². The lowest BCUT2D eigenvalue weighted by molar-refractivity contribution is -0.116. The van der Waals surface area contributed by atoms with Gasteiger partial charge in [-0.05, 0) is 61.7 Å². The van der Waals surface area contributed by atoms with E-state index < -0.39 is 0 Å². The summed E-state index contributed by atoms with van der Waals surface area (Å²) in [7, 11) is 0. The molecule has 2 amide bonds. The van der Waals surface area contributed by atoms with Gasteiger partial charge in [0, 0.05) is 61.9 Å². The number of hydrogen-bond donors (Lipinski definition) is 3. The SMILES string of the molecule is Cc1cc(C)cc(CC(=O)Nc2ccccc2CC(=O)Nc2ccc(-c3cn4c(n3)sc3ccc(OCCCN5CCNCC5)cc34)cc2)c1. The van der Waals surface area contributed by atoms with E-state index in [1.54, 1.807) is 11.3 Å². The molecule has 4 aromatic carbocycles. The first-order valence-electron chi connectivity index (χ1n) is 17.2. The summed E-state index contributed by atoms with van der Waals surface area (Å²) in [5.41, 5.74) is 8.22. The standard InChI is InChI=1S/C40H42N6O3S/c1-27-20-28(2)22-29(21-27)23-38(47)43-34-7-4-3-6-31(34)24-39(48)42-32-10-8-30(9-11-32)35-26-46-36-25-33(12-13-37(36)50-40(46)44-35)49-19-5-16-45-17-14-41-15-18-45/h3-4,6-13,20-22,25-26,41H,5,14-19,23-24H2,1-2H3,(H,42,48)(H,43,47). The number of ether oxygens (including phenoxy) is 1. The van der Waals surface area contributed by atoms with Crippen molar-refractivity contribution in [1.82, 2.24) is 19.6 Å². The number of nitrogens with one attached hydrogen (secondary N) is 3. The molecule has 0 radical (unpaired) electrons. The Bertz CT molecular complexity index is 2110. The van der Waals surface area contributed by atoms with Crippen LogP contribution in [0.4, 0.5) is 11.4 Å². The van der Waals surface area contributed by atoms with Gasteiger partial charge in [0.25, 0.3) is 0 Å². The van der Waals surface area contributed by atoms with Crippen molar-refractivity contribution < 1.29 is 14.3 Å². The van der Waals surface area contributed by atoms with Gasteiger partial charge < -0.3 is 25.6 Å². The molecule has 0 bridgehead atoms. The van der Waals surface area contributed by atoms with Crippen molar-refractivity contribution in [1.29, 1.82) is 0 Å². The number of amides is 2. The molecule has 0 aliphatic carbocycles. The molecule has 6 aromatic rings. The number of thiazole rings is 1. The predicted molar refractivity (Wildman–Crippen MR) is 202 cm³/mol. The summed E-state index contributed by atoms with van der Waals surface area (Å²) in [5, 5.41) is 9.40. The lowest BCUT2D eigenvalue weighted by Gasteiger charge is -2.26. The Morgan fingerprint density at radius 1 is 0.880 bits per heavy atom. The highest BCUT2D eigenvalue weighted by Gasteiger charge is 2.14. The molecule has 0 unspecified atom stereocenters. The van der Waals surface area contributed by atoms with E-state index in [4.69, 9.17) is 9.72 Å². The third-order valence-electron chi connectivity index (χ3n) is 8.91. The number of imidazole rings is 1. The summed E-state index contributed by atoms with van der Waals surface area (Å²) in [6.45, 7) is 10.1. The molecular formula is C40H42N6O3S. The van der Waals surface area contributed by atoms with Gasteiger partial charge in [0.15, 0.2) is 4.96 Å². The van der Waals surface area contributed by atoms with E-state index in [1.807, 2.05) is 80.6 Å². The van der Waals surface area contributed by atoms with Gasteiger partial charge in [0.05, 0.1) is 35.4 Å². The minimum absolute atomic E-state index is 0.115. The minimum Gasteiger partial charge on any atom is -0.493 e. The van der Waals surface area contributed by atoms with Crippen LogP contribution in [0.3, 0.4) is 0 Å². The number of piperazine rings is 1. The zero-order valence-electron chi connectivity index (χ0n) is 28.5. The molecule has 0 spiro atoms. The van der Waals surface area contributed by atoms with E-state index >= 15 is 0 Å². The van der Waals surface area contributed by atoms with Crippen LogP contribution in [0.2, 0.25) is 0 Å². The number of rotatable bonds is 12. The summed E-state index contributed by atoms with van der Waals surface area (Å²) in [6, 6.07) is 27.5. The molecule has 9 nitrogen and oxygen atoms in total. The van der Waals surface area contributed by atoms with Crippen LogP contribution in [0.5, 0.6) is 5.75 Å². The average molecular weight is 687 g/mol. The van der Waals surface area contributed by atoms with Crippen molar-refractivity contribution in [3.05, 3.63) is 113 Å². The third-order valence-corrected chi connectivity index (χ3v) is 9.95. The minimum atomic E-state index is -0.162. The maximum Gasteiger partial charge on any atom is 0.228 e. The number of aryl methyl sites for hydroxylation is 2. The fourth-order valence-electron chi connectivity index (χ4n) is 6.57. The lowest BCUT2D eigenvalue weighted by atomic mass is 10.0. The topological polar surface area (TPSA) is 100 Å². The van der Waals surface area contributed by atoms with Gasteiger partial charge in [-0.1, -0.05) is 71.0 Å². The fourth-order valence-corrected chi connectivity index (χ4v) is 7.56. The summed E-state index contributed by atoms with van der Waals surface area (Å²) in [4.78, 5) is 34.3. The molecule has 1 fully saturated rings. The van der Waals surface area contributed by atoms with E-state index in [2.05, 4.69) is 49.6 Å². The van der Waals surface area contributed by atoms with Crippen LogP contribution in [0, 0.1) is 13.8 Å². The Morgan fingerprint density at radius 2 is 1.64 bits per heavy atom. The van der Waals surface area contributed by atoms with Crippen molar-refractivity contribution in [3.8, 4) is 17.0 Å². The highest BCUT2D eigenvalue weighted by molar-refractivity contribution is 7.23. The van der Waals surface area contributed by atoms with Gasteiger partial charge in [0.2, 0.25) is 11.8 Å². The zero-order chi connectivity index (χ0) is 34.5. The zero-order valence-corrected chi connectivity index (χ0v) is 29.3. The van der Waals surface area contributed by atoms with Crippen molar-refractivity contribution >= 4 is 49.7 Å². The molecule has 3 heterocycles. The monoisotopic (exact) mass is 686 g/mol. The Balaban J connectivity index is 0.954. The van der Waals surface area contributed by atoms with Crippen molar-refractivity contribution in [2.24, 2.45) is 0 Å². The van der Waals surface area contributed by atoms with E-state index in [1.165, 1.54) is 0 Å². The first kappa shape index (κ1) is 33.5. The maximum atomic E-state index is 13.1. The molecule has 1 saturated heterocycles. The molecular weight excluding hydrogens is 645 g/mol. The smallest absolute Gasteiger partial charge is 0.228 e. The summed E-state index contributed by atoms with van der Waals surface area (Å²) in [5.74, 6) is 0.593. The number of para-hydroxylation sites is 1. The van der Waals surface area contributed by atoms with E-state index in [-0.39, 0.29) is 24.7 Å². The summed E-state index contributed by atoms with van der Waals surface area (Å²) < 4.78 is 9.41. The number of carbonyl (C=O) groups is 2. The third kappa shape index (κ3) is 8.22. The van der Waals surface area contributed by atoms with Crippen LogP contribution in [0.15, 0.2) is 91.1 Å². The Kier molecular flexibility index (Phi) is 10.2. The second kappa shape index (κ2) is 15.2. The van der Waals surface area contributed by atoms with E-state index in [0.29, 0.717) is 18.0 Å². The second-order valence-electron chi connectivity index (χ2n) is 13.0. The maximum absolute atomic E-state index is 13.1. The Morgan fingerprint density at radius 3 is 2.44 bits per heavy atom. The molecule has 3 N–H and O–H groups in total. The highest BCUT2D eigenvalue weighted by Crippen LogP contribution is 2.32. The first-order chi connectivity index (χ1) is 24.4. The van der Waals surface area contributed by atoms with Gasteiger partial charge in [0.1, 0.15) is 5.75 Å². The van der Waals surface area contributed by atoms with Gasteiger partial charge in [-0.25, -0.2) is 4.98 Å². The van der Waals surface area contributed by atoms with E-state index in [0.717, 1.165) is 93.6 Å². The van der Waals surface area contributed by atoms with Crippen molar-refractivity contribution in [2.75, 3.05) is 50.0 Å². The molecule has 50 heavy (non-hydrogen) atoms. The number of aromatic nitrogens is 2. The number of fused-ring (bicyclic) bond motifs is 3. The number of nitrogens with zero attached hydrogens (tertiary/aromatic N) is 3. The van der Waals surface area contributed by atoms with Crippen molar-refractivity contribution in [2.45, 2.75) is 33.1 Å². The van der Waals surface area contributed by atoms with Crippen molar-refractivity contribution in [3.63, 3.8) is 0 Å². The molecule has 7 rings (SSSR count). The first-order valence-corrected chi connectivity index (χ1v) is 18.0. The number of hydrogen-bond acceptors (Lipinski definition) is 7. The van der Waals surface area contributed by atoms with Gasteiger partial charge in [-0.3, -0.25) is 14.0 Å². The van der Waals surface area contributed by atoms with Gasteiger partial charge in [-0.15, -0.1) is 0 Å². The number of carbonyl (C=O) groups excluding carboxylic acids is 2. The number of benzene rings is 4. The molecule has 256 valence electrons. The van der Waals surface area contributed by atoms with Crippen LogP contribution in [-0.4, -0.2) is 65.4 Å². The Hall–Kier alpha value is -5.03. The van der Waals surface area contributed by atoms with Crippen LogP contribution in [0.1, 0.15) is 28.7 Å². The molecule has 10 heteroatoms. The normalized spacial score (nSPS) is 13.5. The second-order valence-corrected chi connectivity index (χ2v) is 14.0. The van der Waals surface area contributed by atoms with Crippen LogP contribution >= 0.6 is 11.3 Å². The Labute approximate surface area is 296 Å². The molecule has 0 atom stereocenters. The molecule has 0 saturated carbocycles. The van der Waals surface area contributed by atoms with Gasteiger partial charge in [-0.2, -0.15) is 0 Å².